The number of benzene rings is 2. The maximum Gasteiger partial charge on any atom is 0.136 e. The molecule has 2 radical (unpaired) electrons. The van der Waals surface area contributed by atoms with Crippen LogP contribution in [0.4, 0.5) is 0 Å². The first-order valence-corrected chi connectivity index (χ1v) is 5.00. The van der Waals surface area contributed by atoms with Gasteiger partial charge < -0.3 is 4.42 Å². The average molecular weight is 212 g/mol. The molecule has 3 aromatic rings. The lowest BCUT2D eigenvalue weighted by Crippen LogP contribution is -2.01. The van der Waals surface area contributed by atoms with Gasteiger partial charge in [0.1, 0.15) is 19.0 Å². The molecule has 0 saturated heterocycles. The first kappa shape index (κ1) is 8.87. The molecule has 1 aromatic heterocycles. The summed E-state index contributed by atoms with van der Waals surface area (Å²) in [5, 5.41) is 2.57. The summed E-state index contributed by atoms with van der Waals surface area (Å²) in [7, 11) is 5.92. The maximum atomic E-state index is 5.92. The summed E-state index contributed by atoms with van der Waals surface area (Å²) >= 11 is 5.91. The molecule has 0 aliphatic heterocycles. The van der Waals surface area contributed by atoms with Gasteiger partial charge in [-0.2, -0.15) is 0 Å². The number of rotatable bonds is 0. The normalized spacial score (nSPS) is 11.3. The van der Waals surface area contributed by atoms with Crippen molar-refractivity contribution in [2.75, 3.05) is 0 Å². The Labute approximate surface area is 93.0 Å². The van der Waals surface area contributed by atoms with Gasteiger partial charge >= 0.3 is 0 Å². The third kappa shape index (κ3) is 1.25. The number of para-hydroxylation sites is 1. The molecule has 0 spiro atoms. The average Bonchev–Trinajstić information content (AvgIpc) is 2.54. The Kier molecular flexibility index (Phi) is 1.80. The minimum Gasteiger partial charge on any atom is -0.456 e. The molecule has 2 aromatic carbocycles. The van der Waals surface area contributed by atoms with E-state index in [1.165, 1.54) is 0 Å². The number of furan rings is 1. The Morgan fingerprint density at radius 3 is 2.73 bits per heavy atom. The van der Waals surface area contributed by atoms with Crippen LogP contribution in [0.3, 0.4) is 0 Å². The van der Waals surface area contributed by atoms with E-state index in [4.69, 9.17) is 23.9 Å². The molecular weight excluding hydrogens is 206 g/mol. The van der Waals surface area contributed by atoms with E-state index in [9.17, 15) is 0 Å². The van der Waals surface area contributed by atoms with Gasteiger partial charge in [-0.25, -0.2) is 0 Å². The zero-order chi connectivity index (χ0) is 10.4. The maximum absolute atomic E-state index is 5.92. The summed E-state index contributed by atoms with van der Waals surface area (Å²) in [6, 6.07) is 11.3. The molecule has 70 valence electrons. The van der Waals surface area contributed by atoms with Crippen molar-refractivity contribution in [3.8, 4) is 0 Å². The monoisotopic (exact) mass is 212 g/mol. The standard InChI is InChI=1S/C12H6BClO/c13-9-5-7(14)6-11-12(9)8-3-1-2-4-10(8)15-11/h1-6H. The second-order valence-electron chi connectivity index (χ2n) is 3.47. The van der Waals surface area contributed by atoms with Crippen LogP contribution in [0.15, 0.2) is 40.8 Å². The summed E-state index contributed by atoms with van der Waals surface area (Å²) in [6.07, 6.45) is 0. The van der Waals surface area contributed by atoms with E-state index in [0.29, 0.717) is 10.5 Å². The molecule has 1 heterocycles. The molecule has 0 aliphatic rings. The van der Waals surface area contributed by atoms with E-state index < -0.39 is 0 Å². The third-order valence-electron chi connectivity index (χ3n) is 2.47. The summed E-state index contributed by atoms with van der Waals surface area (Å²) in [4.78, 5) is 0. The SMILES string of the molecule is [B]c1cc(Cl)cc2oc3ccccc3c12. The van der Waals surface area contributed by atoms with Crippen LogP contribution >= 0.6 is 11.6 Å². The molecule has 0 aliphatic carbocycles. The van der Waals surface area contributed by atoms with Crippen molar-refractivity contribution in [1.29, 1.82) is 0 Å². The molecule has 15 heavy (non-hydrogen) atoms. The summed E-state index contributed by atoms with van der Waals surface area (Å²) in [5.74, 6) is 0. The molecule has 0 saturated carbocycles. The van der Waals surface area contributed by atoms with E-state index in [2.05, 4.69) is 0 Å². The van der Waals surface area contributed by atoms with Gasteiger partial charge in [0.05, 0.1) is 0 Å². The van der Waals surface area contributed by atoms with Gasteiger partial charge in [-0.05, 0) is 18.2 Å². The van der Waals surface area contributed by atoms with Crippen LogP contribution in [-0.4, -0.2) is 7.85 Å². The highest BCUT2D eigenvalue weighted by Crippen LogP contribution is 2.28. The summed E-state index contributed by atoms with van der Waals surface area (Å²) < 4.78 is 5.65. The van der Waals surface area contributed by atoms with E-state index >= 15 is 0 Å². The predicted molar refractivity (Wildman–Crippen MR) is 64.1 cm³/mol. The molecule has 0 atom stereocenters. The second-order valence-corrected chi connectivity index (χ2v) is 3.90. The zero-order valence-corrected chi connectivity index (χ0v) is 8.58. The van der Waals surface area contributed by atoms with Crippen LogP contribution in [0.1, 0.15) is 0 Å². The molecule has 0 amide bonds. The number of fused-ring (bicyclic) bond motifs is 3. The lowest BCUT2D eigenvalue weighted by Gasteiger charge is -1.96. The van der Waals surface area contributed by atoms with Crippen molar-refractivity contribution in [2.24, 2.45) is 0 Å². The first-order chi connectivity index (χ1) is 7.25. The minimum atomic E-state index is 0.596. The third-order valence-corrected chi connectivity index (χ3v) is 2.69. The van der Waals surface area contributed by atoms with Crippen LogP contribution in [0, 0.1) is 0 Å². The Morgan fingerprint density at radius 1 is 1.07 bits per heavy atom. The Morgan fingerprint density at radius 2 is 1.87 bits per heavy atom. The highest BCUT2D eigenvalue weighted by atomic mass is 35.5. The first-order valence-electron chi connectivity index (χ1n) is 4.62. The van der Waals surface area contributed by atoms with Gasteiger partial charge in [-0.3, -0.25) is 0 Å². The van der Waals surface area contributed by atoms with Crippen molar-refractivity contribution in [2.45, 2.75) is 0 Å². The molecule has 0 N–H and O–H groups in total. The molecular formula is C12H6BClO. The fourth-order valence-corrected chi connectivity index (χ4v) is 2.07. The summed E-state index contributed by atoms with van der Waals surface area (Å²) in [5.41, 5.74) is 2.23. The van der Waals surface area contributed by atoms with Crippen LogP contribution in [0.2, 0.25) is 5.02 Å². The Bertz CT molecular complexity index is 657. The fraction of sp³-hybridized carbons (Fsp3) is 0. The largest absolute Gasteiger partial charge is 0.456 e. The number of hydrogen-bond acceptors (Lipinski definition) is 1. The van der Waals surface area contributed by atoms with E-state index in [1.54, 1.807) is 12.1 Å². The van der Waals surface area contributed by atoms with Gasteiger partial charge in [0, 0.05) is 15.8 Å². The predicted octanol–water partition coefficient (Wildman–Crippen LogP) is 3.03. The highest BCUT2D eigenvalue weighted by Gasteiger charge is 2.08. The van der Waals surface area contributed by atoms with Crippen molar-refractivity contribution in [3.63, 3.8) is 0 Å². The van der Waals surface area contributed by atoms with Crippen molar-refractivity contribution in [1.82, 2.24) is 0 Å². The van der Waals surface area contributed by atoms with Gasteiger partial charge in [-0.15, -0.1) is 0 Å². The smallest absolute Gasteiger partial charge is 0.136 e. The second kappa shape index (κ2) is 3.04. The van der Waals surface area contributed by atoms with Crippen LogP contribution in [-0.2, 0) is 0 Å². The zero-order valence-electron chi connectivity index (χ0n) is 7.83. The number of halogens is 1. The quantitative estimate of drug-likeness (QED) is 0.522. The van der Waals surface area contributed by atoms with Crippen molar-refractivity contribution < 1.29 is 4.42 Å². The van der Waals surface area contributed by atoms with E-state index in [1.807, 2.05) is 24.3 Å². The molecule has 1 nitrogen and oxygen atoms in total. The van der Waals surface area contributed by atoms with Crippen molar-refractivity contribution in [3.05, 3.63) is 41.4 Å². The Balaban J connectivity index is 2.61. The molecule has 3 heteroatoms. The van der Waals surface area contributed by atoms with Gasteiger partial charge in [0.15, 0.2) is 0 Å². The molecule has 0 fully saturated rings. The summed E-state index contributed by atoms with van der Waals surface area (Å²) in [6.45, 7) is 0. The fourth-order valence-electron chi connectivity index (χ4n) is 1.85. The van der Waals surface area contributed by atoms with Gasteiger partial charge in [0.2, 0.25) is 0 Å². The lowest BCUT2D eigenvalue weighted by molar-refractivity contribution is 0.669. The van der Waals surface area contributed by atoms with Crippen LogP contribution in [0.5, 0.6) is 0 Å². The van der Waals surface area contributed by atoms with Gasteiger partial charge in [0.25, 0.3) is 0 Å². The van der Waals surface area contributed by atoms with Crippen molar-refractivity contribution >= 4 is 46.8 Å². The highest BCUT2D eigenvalue weighted by molar-refractivity contribution is 6.43. The van der Waals surface area contributed by atoms with E-state index in [0.717, 1.165) is 21.9 Å². The van der Waals surface area contributed by atoms with Crippen LogP contribution < -0.4 is 5.46 Å². The molecule has 3 rings (SSSR count). The lowest BCUT2D eigenvalue weighted by atomic mass is 9.91. The molecule has 0 bridgehead atoms. The number of hydrogen-bond donors (Lipinski definition) is 0. The topological polar surface area (TPSA) is 13.1 Å². The van der Waals surface area contributed by atoms with E-state index in [-0.39, 0.29) is 0 Å². The molecule has 0 unspecified atom stereocenters. The minimum absolute atomic E-state index is 0.596. The van der Waals surface area contributed by atoms with Gasteiger partial charge in [-0.1, -0.05) is 35.3 Å². The Hall–Kier alpha value is -1.41. The van der Waals surface area contributed by atoms with Crippen LogP contribution in [0.25, 0.3) is 21.9 Å².